The van der Waals surface area contributed by atoms with Crippen LogP contribution in [0.5, 0.6) is 0 Å². The van der Waals surface area contributed by atoms with Gasteiger partial charge in [0.15, 0.2) is 0 Å². The van der Waals surface area contributed by atoms with Gasteiger partial charge >= 0.3 is 0 Å². The van der Waals surface area contributed by atoms with Gasteiger partial charge in [0, 0.05) is 12.6 Å². The average molecular weight is 273 g/mol. The molecule has 1 amide bonds. The first-order valence-electron chi connectivity index (χ1n) is 7.36. The van der Waals surface area contributed by atoms with Gasteiger partial charge in [0.1, 0.15) is 6.17 Å². The summed E-state index contributed by atoms with van der Waals surface area (Å²) in [6.45, 7) is 6.75. The highest BCUT2D eigenvalue weighted by atomic mass is 16.2. The Kier molecular flexibility index (Phi) is 3.52. The lowest BCUT2D eigenvalue weighted by molar-refractivity contribution is -0.130. The van der Waals surface area contributed by atoms with Crippen molar-refractivity contribution in [2.75, 3.05) is 26.7 Å². The molecule has 1 aromatic rings. The third-order valence-electron chi connectivity index (χ3n) is 4.49. The Morgan fingerprint density at radius 1 is 1.30 bits per heavy atom. The van der Waals surface area contributed by atoms with Crippen LogP contribution < -0.4 is 5.32 Å². The summed E-state index contributed by atoms with van der Waals surface area (Å²) in [6, 6.07) is 6.82. The molecule has 0 radical (unpaired) electrons. The summed E-state index contributed by atoms with van der Waals surface area (Å²) in [7, 11) is 2.13. The van der Waals surface area contributed by atoms with Gasteiger partial charge in [-0.1, -0.05) is 23.8 Å². The summed E-state index contributed by atoms with van der Waals surface area (Å²) in [5.41, 5.74) is 3.76. The maximum atomic E-state index is 12.3. The molecular weight excluding hydrogens is 250 g/mol. The van der Waals surface area contributed by atoms with Crippen molar-refractivity contribution in [3.63, 3.8) is 0 Å². The van der Waals surface area contributed by atoms with Crippen LogP contribution in [0.15, 0.2) is 18.2 Å². The topological polar surface area (TPSA) is 35.6 Å². The van der Waals surface area contributed by atoms with E-state index in [4.69, 9.17) is 0 Å². The third-order valence-corrected chi connectivity index (χ3v) is 4.49. The molecule has 108 valence electrons. The van der Waals surface area contributed by atoms with Crippen molar-refractivity contribution in [1.29, 1.82) is 0 Å². The predicted octanol–water partition coefficient (Wildman–Crippen LogP) is 1.44. The fourth-order valence-electron chi connectivity index (χ4n) is 3.46. The second-order valence-corrected chi connectivity index (χ2v) is 6.15. The van der Waals surface area contributed by atoms with Crippen LogP contribution in [-0.2, 0) is 4.79 Å². The van der Waals surface area contributed by atoms with Crippen LogP contribution in [-0.4, -0.2) is 48.4 Å². The van der Waals surface area contributed by atoms with Gasteiger partial charge in [-0.2, -0.15) is 0 Å². The molecular formula is C16H23N3O. The monoisotopic (exact) mass is 273 g/mol. The summed E-state index contributed by atoms with van der Waals surface area (Å²) in [6.07, 6.45) is 1.12. The molecule has 2 aliphatic rings. The van der Waals surface area contributed by atoms with Crippen LogP contribution in [0.2, 0.25) is 0 Å². The van der Waals surface area contributed by atoms with Gasteiger partial charge in [-0.05, 0) is 45.0 Å². The maximum Gasteiger partial charge on any atom is 0.238 e. The quantitative estimate of drug-likeness (QED) is 0.885. The summed E-state index contributed by atoms with van der Waals surface area (Å²) < 4.78 is 0. The summed E-state index contributed by atoms with van der Waals surface area (Å²) in [4.78, 5) is 16.6. The molecule has 0 aromatic heterocycles. The number of hydrogen-bond donors (Lipinski definition) is 1. The molecule has 1 aromatic carbocycles. The van der Waals surface area contributed by atoms with E-state index >= 15 is 0 Å². The molecule has 0 saturated carbocycles. The molecule has 4 nitrogen and oxygen atoms in total. The first-order valence-corrected chi connectivity index (χ1v) is 7.36. The lowest BCUT2D eigenvalue weighted by Crippen LogP contribution is -2.41. The van der Waals surface area contributed by atoms with Crippen molar-refractivity contribution in [1.82, 2.24) is 15.1 Å². The van der Waals surface area contributed by atoms with Gasteiger partial charge in [0.05, 0.1) is 6.54 Å². The zero-order valence-electron chi connectivity index (χ0n) is 12.5. The molecule has 2 atom stereocenters. The Balaban J connectivity index is 1.89. The Morgan fingerprint density at radius 3 is 2.75 bits per heavy atom. The molecule has 2 saturated heterocycles. The van der Waals surface area contributed by atoms with Crippen molar-refractivity contribution < 1.29 is 4.79 Å². The summed E-state index contributed by atoms with van der Waals surface area (Å²) in [5.74, 6) is 0.232. The number of nitrogens with one attached hydrogen (secondary N) is 1. The lowest BCUT2D eigenvalue weighted by Gasteiger charge is -2.31. The fourth-order valence-corrected chi connectivity index (χ4v) is 3.46. The van der Waals surface area contributed by atoms with Gasteiger partial charge < -0.3 is 9.80 Å². The van der Waals surface area contributed by atoms with Crippen LogP contribution in [0.25, 0.3) is 0 Å². The van der Waals surface area contributed by atoms with Gasteiger partial charge in [-0.15, -0.1) is 0 Å². The third kappa shape index (κ3) is 2.34. The molecule has 2 unspecified atom stereocenters. The first-order chi connectivity index (χ1) is 9.56. The summed E-state index contributed by atoms with van der Waals surface area (Å²) >= 11 is 0. The number of benzene rings is 1. The van der Waals surface area contributed by atoms with Crippen LogP contribution in [0.1, 0.15) is 29.3 Å². The van der Waals surface area contributed by atoms with Crippen molar-refractivity contribution in [2.45, 2.75) is 32.5 Å². The van der Waals surface area contributed by atoms with Crippen molar-refractivity contribution >= 4 is 5.91 Å². The van der Waals surface area contributed by atoms with Crippen LogP contribution in [0, 0.1) is 13.8 Å². The standard InChI is InChI=1S/C16H23N3O/c1-11-4-5-14(12(2)8-11)16-17-9-15(20)19(16)13-6-7-18(3)10-13/h4-5,8,13,16-17H,6-7,9-10H2,1-3H3. The minimum Gasteiger partial charge on any atom is -0.317 e. The van der Waals surface area contributed by atoms with Gasteiger partial charge in [-0.3, -0.25) is 10.1 Å². The van der Waals surface area contributed by atoms with Crippen LogP contribution in [0.3, 0.4) is 0 Å². The highest BCUT2D eigenvalue weighted by molar-refractivity contribution is 5.81. The van der Waals surface area contributed by atoms with E-state index in [1.54, 1.807) is 0 Å². The Labute approximate surface area is 120 Å². The van der Waals surface area contributed by atoms with E-state index in [0.717, 1.165) is 19.5 Å². The SMILES string of the molecule is Cc1ccc(C2NCC(=O)N2C2CCN(C)C2)c(C)c1. The Bertz CT molecular complexity index is 528. The van der Waals surface area contributed by atoms with Crippen molar-refractivity contribution in [3.05, 3.63) is 34.9 Å². The molecule has 0 bridgehead atoms. The molecule has 2 fully saturated rings. The number of amides is 1. The molecule has 0 aliphatic carbocycles. The van der Waals surface area contributed by atoms with E-state index in [9.17, 15) is 4.79 Å². The minimum atomic E-state index is 0.0413. The van der Waals surface area contributed by atoms with Crippen LogP contribution >= 0.6 is 0 Å². The number of likely N-dealkylation sites (tertiary alicyclic amines) is 1. The molecule has 3 rings (SSSR count). The largest absolute Gasteiger partial charge is 0.317 e. The predicted molar refractivity (Wildman–Crippen MR) is 79.4 cm³/mol. The van der Waals surface area contributed by atoms with Gasteiger partial charge in [0.25, 0.3) is 0 Å². The molecule has 2 aliphatic heterocycles. The number of aryl methyl sites for hydroxylation is 2. The van der Waals surface area contributed by atoms with Crippen LogP contribution in [0.4, 0.5) is 0 Å². The highest BCUT2D eigenvalue weighted by Crippen LogP contribution is 2.30. The number of nitrogens with zero attached hydrogens (tertiary/aromatic N) is 2. The van der Waals surface area contributed by atoms with Crippen molar-refractivity contribution in [2.24, 2.45) is 0 Å². The van der Waals surface area contributed by atoms with Gasteiger partial charge in [0.2, 0.25) is 5.91 Å². The molecule has 1 N–H and O–H groups in total. The molecule has 0 spiro atoms. The smallest absolute Gasteiger partial charge is 0.238 e. The normalized spacial score (nSPS) is 27.6. The fraction of sp³-hybridized carbons (Fsp3) is 0.562. The molecule has 4 heteroatoms. The van der Waals surface area contributed by atoms with Gasteiger partial charge in [-0.25, -0.2) is 0 Å². The van der Waals surface area contributed by atoms with E-state index in [-0.39, 0.29) is 12.1 Å². The number of hydrogen-bond acceptors (Lipinski definition) is 3. The van der Waals surface area contributed by atoms with E-state index in [1.165, 1.54) is 16.7 Å². The van der Waals surface area contributed by atoms with E-state index in [0.29, 0.717) is 12.6 Å². The Morgan fingerprint density at radius 2 is 2.10 bits per heavy atom. The minimum absolute atomic E-state index is 0.0413. The van der Waals surface area contributed by atoms with E-state index in [2.05, 4.69) is 54.2 Å². The zero-order chi connectivity index (χ0) is 14.3. The average Bonchev–Trinajstić information content (AvgIpc) is 2.96. The Hall–Kier alpha value is -1.39. The highest BCUT2D eigenvalue weighted by Gasteiger charge is 2.39. The lowest BCUT2D eigenvalue weighted by atomic mass is 10.0. The molecule has 2 heterocycles. The number of carbonyl (C=O) groups is 1. The number of rotatable bonds is 2. The number of likely N-dealkylation sites (N-methyl/N-ethyl adjacent to an activating group) is 1. The van der Waals surface area contributed by atoms with E-state index in [1.807, 2.05) is 0 Å². The van der Waals surface area contributed by atoms with E-state index < -0.39 is 0 Å². The van der Waals surface area contributed by atoms with Crippen molar-refractivity contribution in [3.8, 4) is 0 Å². The zero-order valence-corrected chi connectivity index (χ0v) is 12.5. The summed E-state index contributed by atoms with van der Waals surface area (Å²) in [5, 5.41) is 3.38. The first kappa shape index (κ1) is 13.6. The molecule has 20 heavy (non-hydrogen) atoms. The number of carbonyl (C=O) groups excluding carboxylic acids is 1. The second-order valence-electron chi connectivity index (χ2n) is 6.15. The second kappa shape index (κ2) is 5.19. The maximum absolute atomic E-state index is 12.3.